The third-order valence-electron chi connectivity index (χ3n) is 3.67. The van der Waals surface area contributed by atoms with Crippen LogP contribution in [0, 0.1) is 11.3 Å². The molecular weight excluding hydrogens is 228 g/mol. The van der Waals surface area contributed by atoms with E-state index >= 15 is 0 Å². The number of rotatable bonds is 8. The summed E-state index contributed by atoms with van der Waals surface area (Å²) >= 11 is 0. The standard InChI is InChI=1S/C14H32O2Si/c1-8-10-12(14(3,4)5)13(11-9-2)17(15-6)16-7/h12-13,17H,8-11H2,1-7H3. The quantitative estimate of drug-likeness (QED) is 0.611. The van der Waals surface area contributed by atoms with Crippen molar-refractivity contribution in [3.8, 4) is 0 Å². The first-order chi connectivity index (χ1) is 7.92. The lowest BCUT2D eigenvalue weighted by molar-refractivity contribution is 0.167. The van der Waals surface area contributed by atoms with Crippen LogP contribution in [0.4, 0.5) is 0 Å². The summed E-state index contributed by atoms with van der Waals surface area (Å²) in [4.78, 5) is 0. The highest BCUT2D eigenvalue weighted by molar-refractivity contribution is 6.46. The molecule has 0 spiro atoms. The molecule has 2 atom stereocenters. The van der Waals surface area contributed by atoms with E-state index in [4.69, 9.17) is 8.85 Å². The maximum Gasteiger partial charge on any atom is 0.324 e. The van der Waals surface area contributed by atoms with Crippen LogP contribution in [-0.2, 0) is 8.85 Å². The first-order valence-electron chi connectivity index (χ1n) is 6.97. The van der Waals surface area contributed by atoms with E-state index in [9.17, 15) is 0 Å². The lowest BCUT2D eigenvalue weighted by Crippen LogP contribution is -2.37. The van der Waals surface area contributed by atoms with Crippen molar-refractivity contribution in [1.29, 1.82) is 0 Å². The van der Waals surface area contributed by atoms with Crippen molar-refractivity contribution >= 4 is 9.28 Å². The molecule has 0 aliphatic rings. The summed E-state index contributed by atoms with van der Waals surface area (Å²) in [7, 11) is 2.11. The van der Waals surface area contributed by atoms with Crippen molar-refractivity contribution < 1.29 is 8.85 Å². The lowest BCUT2D eigenvalue weighted by Gasteiger charge is -2.39. The highest BCUT2D eigenvalue weighted by Crippen LogP contribution is 2.42. The summed E-state index contributed by atoms with van der Waals surface area (Å²) in [6, 6.07) is 0. The van der Waals surface area contributed by atoms with Gasteiger partial charge in [0.2, 0.25) is 0 Å². The predicted octanol–water partition coefficient (Wildman–Crippen LogP) is 4.13. The molecule has 0 saturated heterocycles. The van der Waals surface area contributed by atoms with Gasteiger partial charge in [-0.05, 0) is 17.8 Å². The molecule has 17 heavy (non-hydrogen) atoms. The summed E-state index contributed by atoms with van der Waals surface area (Å²) in [5, 5.41) is 0. The molecule has 0 radical (unpaired) electrons. The zero-order valence-electron chi connectivity index (χ0n) is 12.9. The Bertz CT molecular complexity index is 185. The number of hydrogen-bond acceptors (Lipinski definition) is 2. The fourth-order valence-electron chi connectivity index (χ4n) is 2.91. The molecule has 104 valence electrons. The van der Waals surface area contributed by atoms with Crippen LogP contribution in [-0.4, -0.2) is 23.5 Å². The van der Waals surface area contributed by atoms with E-state index in [-0.39, 0.29) is 0 Å². The van der Waals surface area contributed by atoms with E-state index in [0.717, 1.165) is 0 Å². The van der Waals surface area contributed by atoms with Gasteiger partial charge in [-0.25, -0.2) is 0 Å². The van der Waals surface area contributed by atoms with Crippen LogP contribution in [0.2, 0.25) is 5.54 Å². The van der Waals surface area contributed by atoms with Gasteiger partial charge in [-0.15, -0.1) is 0 Å². The van der Waals surface area contributed by atoms with Gasteiger partial charge in [-0.3, -0.25) is 0 Å². The summed E-state index contributed by atoms with van der Waals surface area (Å²) < 4.78 is 11.3. The van der Waals surface area contributed by atoms with Gasteiger partial charge in [0.1, 0.15) is 0 Å². The fourth-order valence-corrected chi connectivity index (χ4v) is 5.55. The van der Waals surface area contributed by atoms with Gasteiger partial charge in [0.05, 0.1) is 0 Å². The van der Waals surface area contributed by atoms with Crippen LogP contribution < -0.4 is 0 Å². The Balaban J connectivity index is 4.93. The summed E-state index contributed by atoms with van der Waals surface area (Å²) in [6.45, 7) is 11.6. The molecule has 0 fully saturated rings. The molecule has 0 aliphatic heterocycles. The fraction of sp³-hybridized carbons (Fsp3) is 1.00. The molecular formula is C14H32O2Si. The zero-order valence-corrected chi connectivity index (χ0v) is 14.0. The topological polar surface area (TPSA) is 18.5 Å². The van der Waals surface area contributed by atoms with Gasteiger partial charge in [0.15, 0.2) is 0 Å². The second-order valence-corrected chi connectivity index (χ2v) is 8.59. The zero-order chi connectivity index (χ0) is 13.5. The molecule has 2 nitrogen and oxygen atoms in total. The van der Waals surface area contributed by atoms with E-state index in [0.29, 0.717) is 16.9 Å². The minimum Gasteiger partial charge on any atom is -0.400 e. The normalized spacial score (nSPS) is 16.2. The Labute approximate surface area is 110 Å². The lowest BCUT2D eigenvalue weighted by atomic mass is 9.75. The van der Waals surface area contributed by atoms with Crippen molar-refractivity contribution in [2.24, 2.45) is 11.3 Å². The van der Waals surface area contributed by atoms with Crippen LogP contribution in [0.25, 0.3) is 0 Å². The van der Waals surface area contributed by atoms with Gasteiger partial charge in [0, 0.05) is 19.8 Å². The van der Waals surface area contributed by atoms with Crippen molar-refractivity contribution in [1.82, 2.24) is 0 Å². The average Bonchev–Trinajstić information content (AvgIpc) is 2.25. The highest BCUT2D eigenvalue weighted by atomic mass is 28.3. The summed E-state index contributed by atoms with van der Waals surface area (Å²) in [5.41, 5.74) is 0.980. The van der Waals surface area contributed by atoms with E-state index in [2.05, 4.69) is 34.6 Å². The molecule has 2 unspecified atom stereocenters. The van der Waals surface area contributed by atoms with Crippen molar-refractivity contribution in [2.45, 2.75) is 65.8 Å². The van der Waals surface area contributed by atoms with Crippen LogP contribution in [0.3, 0.4) is 0 Å². The Morgan fingerprint density at radius 2 is 1.41 bits per heavy atom. The predicted molar refractivity (Wildman–Crippen MR) is 77.7 cm³/mol. The SMILES string of the molecule is CCCC(C(CCC)C(C)(C)C)[SiH](OC)OC. The molecule has 0 aromatic rings. The van der Waals surface area contributed by atoms with E-state index < -0.39 is 9.28 Å². The molecule has 0 aliphatic carbocycles. The second-order valence-electron chi connectivity index (χ2n) is 6.05. The van der Waals surface area contributed by atoms with Gasteiger partial charge in [-0.1, -0.05) is 53.9 Å². The Hall–Kier alpha value is 0.137. The Morgan fingerprint density at radius 3 is 1.71 bits per heavy atom. The largest absolute Gasteiger partial charge is 0.400 e. The smallest absolute Gasteiger partial charge is 0.324 e. The van der Waals surface area contributed by atoms with Gasteiger partial charge in [0.25, 0.3) is 0 Å². The minimum atomic E-state index is -1.51. The van der Waals surface area contributed by atoms with Gasteiger partial charge < -0.3 is 8.85 Å². The van der Waals surface area contributed by atoms with Crippen LogP contribution >= 0.6 is 0 Å². The average molecular weight is 260 g/mol. The van der Waals surface area contributed by atoms with Gasteiger partial charge >= 0.3 is 9.28 Å². The third-order valence-corrected chi connectivity index (χ3v) is 6.09. The molecule has 0 N–H and O–H groups in total. The first kappa shape index (κ1) is 17.1. The van der Waals surface area contributed by atoms with Crippen molar-refractivity contribution in [3.05, 3.63) is 0 Å². The Morgan fingerprint density at radius 1 is 0.941 bits per heavy atom. The maximum absolute atomic E-state index is 5.65. The monoisotopic (exact) mass is 260 g/mol. The van der Waals surface area contributed by atoms with Crippen LogP contribution in [0.1, 0.15) is 60.3 Å². The van der Waals surface area contributed by atoms with E-state index in [1.165, 1.54) is 25.7 Å². The van der Waals surface area contributed by atoms with Crippen LogP contribution in [0.5, 0.6) is 0 Å². The van der Waals surface area contributed by atoms with Gasteiger partial charge in [-0.2, -0.15) is 0 Å². The van der Waals surface area contributed by atoms with E-state index in [1.807, 2.05) is 14.2 Å². The van der Waals surface area contributed by atoms with Crippen LogP contribution in [0.15, 0.2) is 0 Å². The molecule has 0 amide bonds. The summed E-state index contributed by atoms with van der Waals surface area (Å²) in [5.74, 6) is 0.712. The molecule has 3 heteroatoms. The molecule has 0 aromatic heterocycles. The third kappa shape index (κ3) is 5.54. The Kier molecular flexibility index (Phi) is 8.34. The van der Waals surface area contributed by atoms with Crippen molar-refractivity contribution in [2.75, 3.05) is 14.2 Å². The highest BCUT2D eigenvalue weighted by Gasteiger charge is 2.37. The molecule has 0 rings (SSSR count). The molecule has 0 aromatic carbocycles. The molecule has 0 heterocycles. The minimum absolute atomic E-state index is 0.345. The second kappa shape index (κ2) is 8.28. The molecule has 0 saturated carbocycles. The molecule has 0 bridgehead atoms. The summed E-state index contributed by atoms with van der Waals surface area (Å²) in [6.07, 6.45) is 4.98. The van der Waals surface area contributed by atoms with Crippen molar-refractivity contribution in [3.63, 3.8) is 0 Å². The first-order valence-corrected chi connectivity index (χ1v) is 8.58. The number of hydrogen-bond donors (Lipinski definition) is 0. The maximum atomic E-state index is 5.65. The van der Waals surface area contributed by atoms with E-state index in [1.54, 1.807) is 0 Å².